The first-order valence-electron chi connectivity index (χ1n) is 5.54. The van der Waals surface area contributed by atoms with E-state index in [9.17, 15) is 0 Å². The predicted octanol–water partition coefficient (Wildman–Crippen LogP) is 5.53. The van der Waals surface area contributed by atoms with Crippen molar-refractivity contribution in [3.63, 3.8) is 0 Å². The molecule has 0 aromatic carbocycles. The fourth-order valence-corrected chi connectivity index (χ4v) is 0.471. The normalized spacial score (nSPS) is 9.86. The van der Waals surface area contributed by atoms with E-state index in [-0.39, 0.29) is 0 Å². The topological polar surface area (TPSA) is 0 Å². The Balaban J connectivity index is -0.000000131. The third kappa shape index (κ3) is 65.8. The molecule has 0 rings (SSSR count). The minimum atomic E-state index is 1.16. The molecule has 0 fully saturated rings. The van der Waals surface area contributed by atoms with Crippen LogP contribution in [0.25, 0.3) is 0 Å². The molecule has 84 valence electrons. The second-order valence-corrected chi connectivity index (χ2v) is 2.62. The van der Waals surface area contributed by atoms with E-state index in [0.717, 1.165) is 12.8 Å². The summed E-state index contributed by atoms with van der Waals surface area (Å²) in [4.78, 5) is 0. The van der Waals surface area contributed by atoms with Crippen LogP contribution in [0.2, 0.25) is 0 Å². The van der Waals surface area contributed by atoms with Gasteiger partial charge in [-0.3, -0.25) is 0 Å². The number of allylic oxidation sites excluding steroid dienone is 6. The molecule has 14 heavy (non-hydrogen) atoms. The van der Waals surface area contributed by atoms with Crippen molar-refractivity contribution >= 4 is 0 Å². The zero-order chi connectivity index (χ0) is 11.7. The summed E-state index contributed by atoms with van der Waals surface area (Å²) in [7, 11) is 0. The highest BCUT2D eigenvalue weighted by atomic mass is 13.6. The largest absolute Gasteiger partial charge is 0.0919 e. The average Bonchev–Trinajstić information content (AvgIpc) is 2.22. The van der Waals surface area contributed by atoms with Crippen molar-refractivity contribution in [3.05, 3.63) is 36.5 Å². The van der Waals surface area contributed by atoms with Crippen molar-refractivity contribution in [3.8, 4) is 0 Å². The fourth-order valence-electron chi connectivity index (χ4n) is 0.471. The number of hydrogen-bond acceptors (Lipinski definition) is 0. The van der Waals surface area contributed by atoms with Gasteiger partial charge in [-0.15, -0.1) is 0 Å². The Morgan fingerprint density at radius 1 is 0.571 bits per heavy atom. The summed E-state index contributed by atoms with van der Waals surface area (Å²) < 4.78 is 0. The zero-order valence-electron chi connectivity index (χ0n) is 10.9. The first-order valence-corrected chi connectivity index (χ1v) is 5.54. The molecule has 0 aliphatic rings. The van der Waals surface area contributed by atoms with Crippen LogP contribution in [-0.2, 0) is 0 Å². The van der Waals surface area contributed by atoms with Crippen LogP contribution in [0.1, 0.15) is 54.4 Å². The SMILES string of the molecule is C/C=C/C.C/C=C/CC.C/C=C/CC. The summed E-state index contributed by atoms with van der Waals surface area (Å²) in [5.74, 6) is 0. The van der Waals surface area contributed by atoms with Crippen LogP contribution in [0.4, 0.5) is 0 Å². The first-order chi connectivity index (χ1) is 6.74. The van der Waals surface area contributed by atoms with Gasteiger partial charge in [0.25, 0.3) is 0 Å². The van der Waals surface area contributed by atoms with Gasteiger partial charge in [0, 0.05) is 0 Å². The molecule has 0 spiro atoms. The Hall–Kier alpha value is -0.780. The lowest BCUT2D eigenvalue weighted by Crippen LogP contribution is -1.43. The Morgan fingerprint density at radius 3 is 0.857 bits per heavy atom. The van der Waals surface area contributed by atoms with E-state index in [1.54, 1.807) is 0 Å². The maximum Gasteiger partial charge on any atom is -0.0379 e. The van der Waals surface area contributed by atoms with E-state index >= 15 is 0 Å². The minimum absolute atomic E-state index is 1.16. The summed E-state index contributed by atoms with van der Waals surface area (Å²) in [6.45, 7) is 12.3. The van der Waals surface area contributed by atoms with E-state index in [2.05, 4.69) is 38.2 Å². The van der Waals surface area contributed by atoms with E-state index in [1.807, 2.05) is 39.8 Å². The lowest BCUT2D eigenvalue weighted by atomic mass is 10.4. The quantitative estimate of drug-likeness (QED) is 0.510. The van der Waals surface area contributed by atoms with E-state index in [4.69, 9.17) is 0 Å². The van der Waals surface area contributed by atoms with Gasteiger partial charge in [0.2, 0.25) is 0 Å². The molecule has 0 N–H and O–H groups in total. The second-order valence-electron chi connectivity index (χ2n) is 2.62. The molecule has 0 aliphatic carbocycles. The van der Waals surface area contributed by atoms with Gasteiger partial charge < -0.3 is 0 Å². The summed E-state index contributed by atoms with van der Waals surface area (Å²) in [6, 6.07) is 0. The van der Waals surface area contributed by atoms with Gasteiger partial charge in [-0.25, -0.2) is 0 Å². The van der Waals surface area contributed by atoms with E-state index in [1.165, 1.54) is 0 Å². The monoisotopic (exact) mass is 196 g/mol. The average molecular weight is 196 g/mol. The molecule has 0 saturated heterocycles. The van der Waals surface area contributed by atoms with Crippen LogP contribution in [0, 0.1) is 0 Å². The van der Waals surface area contributed by atoms with Crippen molar-refractivity contribution in [2.45, 2.75) is 54.4 Å². The Kier molecular flexibility index (Phi) is 39.8. The molecule has 0 radical (unpaired) electrons. The number of rotatable bonds is 2. The highest BCUT2D eigenvalue weighted by molar-refractivity contribution is 4.73. The maximum absolute atomic E-state index is 2.12. The van der Waals surface area contributed by atoms with Crippen LogP contribution < -0.4 is 0 Å². The van der Waals surface area contributed by atoms with Crippen molar-refractivity contribution in [1.29, 1.82) is 0 Å². The lowest BCUT2D eigenvalue weighted by molar-refractivity contribution is 1.22. The van der Waals surface area contributed by atoms with E-state index < -0.39 is 0 Å². The molecular weight excluding hydrogens is 168 g/mol. The molecule has 0 aromatic rings. The Labute approximate surface area is 91.4 Å². The van der Waals surface area contributed by atoms with Crippen LogP contribution in [0.15, 0.2) is 36.5 Å². The molecule has 0 heterocycles. The Morgan fingerprint density at radius 2 is 0.857 bits per heavy atom. The minimum Gasteiger partial charge on any atom is -0.0919 e. The van der Waals surface area contributed by atoms with Gasteiger partial charge in [-0.05, 0) is 40.5 Å². The van der Waals surface area contributed by atoms with Crippen molar-refractivity contribution in [1.82, 2.24) is 0 Å². The van der Waals surface area contributed by atoms with Crippen molar-refractivity contribution in [2.75, 3.05) is 0 Å². The van der Waals surface area contributed by atoms with E-state index in [0.29, 0.717) is 0 Å². The third-order valence-electron chi connectivity index (χ3n) is 1.28. The molecule has 0 heteroatoms. The van der Waals surface area contributed by atoms with Gasteiger partial charge in [-0.2, -0.15) is 0 Å². The second kappa shape index (κ2) is 29.5. The fraction of sp³-hybridized carbons (Fsp3) is 0.571. The highest BCUT2D eigenvalue weighted by Gasteiger charge is 1.52. The molecule has 0 bridgehead atoms. The van der Waals surface area contributed by atoms with Crippen molar-refractivity contribution in [2.24, 2.45) is 0 Å². The summed E-state index contributed by atoms with van der Waals surface area (Å²) in [6.07, 6.45) is 14.7. The smallest absolute Gasteiger partial charge is 0.0379 e. The molecule has 0 saturated carbocycles. The molecule has 0 aliphatic heterocycles. The zero-order valence-corrected chi connectivity index (χ0v) is 10.9. The standard InChI is InChI=1S/2C5H10.C4H8/c2*1-3-5-4-2;1-3-4-2/h2*3,5H,4H2,1-2H3;3-4H,1-2H3/b2*5-3+;4-3+. The molecular formula is C14H28. The summed E-state index contributed by atoms with van der Waals surface area (Å²) in [5, 5.41) is 0. The maximum atomic E-state index is 2.12. The van der Waals surface area contributed by atoms with Crippen LogP contribution in [0.3, 0.4) is 0 Å². The first kappa shape index (κ1) is 18.9. The molecule has 0 nitrogen and oxygen atoms in total. The lowest BCUT2D eigenvalue weighted by Gasteiger charge is -1.65. The predicted molar refractivity (Wildman–Crippen MR) is 70.7 cm³/mol. The van der Waals surface area contributed by atoms with Crippen LogP contribution in [0.5, 0.6) is 0 Å². The summed E-state index contributed by atoms with van der Waals surface area (Å²) in [5.41, 5.74) is 0. The summed E-state index contributed by atoms with van der Waals surface area (Å²) >= 11 is 0. The molecule has 0 atom stereocenters. The Bertz CT molecular complexity index is 111. The van der Waals surface area contributed by atoms with Gasteiger partial charge in [0.15, 0.2) is 0 Å². The van der Waals surface area contributed by atoms with Crippen molar-refractivity contribution < 1.29 is 0 Å². The van der Waals surface area contributed by atoms with Crippen LogP contribution >= 0.6 is 0 Å². The number of hydrogen-bond donors (Lipinski definition) is 0. The van der Waals surface area contributed by atoms with Crippen LogP contribution in [-0.4, -0.2) is 0 Å². The third-order valence-corrected chi connectivity index (χ3v) is 1.28. The van der Waals surface area contributed by atoms with Gasteiger partial charge >= 0.3 is 0 Å². The van der Waals surface area contributed by atoms with Gasteiger partial charge in [0.05, 0.1) is 0 Å². The van der Waals surface area contributed by atoms with Gasteiger partial charge in [0.1, 0.15) is 0 Å². The molecule has 0 amide bonds. The molecule has 0 unspecified atom stereocenters. The highest BCUT2D eigenvalue weighted by Crippen LogP contribution is 1.74. The van der Waals surface area contributed by atoms with Gasteiger partial charge in [-0.1, -0.05) is 50.3 Å². The molecule has 0 aromatic heterocycles.